The molecule has 0 spiro atoms. The summed E-state index contributed by atoms with van der Waals surface area (Å²) >= 11 is 6.41. The van der Waals surface area contributed by atoms with E-state index in [9.17, 15) is 0 Å². The minimum Gasteiger partial charge on any atom is -0.312 e. The maximum absolute atomic E-state index is 6.41. The molecule has 0 unspecified atom stereocenters. The van der Waals surface area contributed by atoms with E-state index in [1.165, 1.54) is 5.56 Å². The van der Waals surface area contributed by atoms with Crippen LogP contribution in [0.3, 0.4) is 0 Å². The zero-order valence-electron chi connectivity index (χ0n) is 12.4. The Hall–Kier alpha value is -1.32. The number of hydrogen-bond donors (Lipinski definition) is 1. The summed E-state index contributed by atoms with van der Waals surface area (Å²) in [6, 6.07) is 6.22. The second-order valence-corrected chi connectivity index (χ2v) is 5.78. The van der Waals surface area contributed by atoms with Crippen molar-refractivity contribution in [3.8, 4) is 5.69 Å². The van der Waals surface area contributed by atoms with Crippen LogP contribution in [-0.4, -0.2) is 16.1 Å². The van der Waals surface area contributed by atoms with Gasteiger partial charge in [-0.05, 0) is 30.2 Å². The Morgan fingerprint density at radius 3 is 2.80 bits per heavy atom. The topological polar surface area (TPSA) is 29.9 Å². The van der Waals surface area contributed by atoms with E-state index in [-0.39, 0.29) is 0 Å². The van der Waals surface area contributed by atoms with E-state index in [4.69, 9.17) is 11.6 Å². The van der Waals surface area contributed by atoms with Gasteiger partial charge in [0.2, 0.25) is 0 Å². The molecule has 20 heavy (non-hydrogen) atoms. The first-order valence-electron chi connectivity index (χ1n) is 7.13. The molecule has 0 aliphatic carbocycles. The Kier molecular flexibility index (Phi) is 5.21. The summed E-state index contributed by atoms with van der Waals surface area (Å²) < 4.78 is 2.05. The van der Waals surface area contributed by atoms with Crippen molar-refractivity contribution in [2.24, 2.45) is 5.92 Å². The molecular formula is C16H22ClN3. The summed E-state index contributed by atoms with van der Waals surface area (Å²) in [4.78, 5) is 4.34. The fraction of sp³-hybridized carbons (Fsp3) is 0.438. The SMILES string of the molecule is CCc1nccn1-c1ccc(CNCC(C)C)cc1Cl. The van der Waals surface area contributed by atoms with Gasteiger partial charge in [-0.3, -0.25) is 0 Å². The first-order chi connectivity index (χ1) is 9.61. The molecule has 1 aromatic heterocycles. The lowest BCUT2D eigenvalue weighted by molar-refractivity contribution is 0.552. The number of imidazole rings is 1. The molecule has 0 amide bonds. The van der Waals surface area contributed by atoms with Crippen molar-refractivity contribution in [2.45, 2.75) is 33.7 Å². The Balaban J connectivity index is 2.14. The number of nitrogens with one attached hydrogen (secondary N) is 1. The molecular weight excluding hydrogens is 270 g/mol. The monoisotopic (exact) mass is 291 g/mol. The predicted octanol–water partition coefficient (Wildman–Crippen LogP) is 3.83. The molecule has 0 aliphatic heterocycles. The highest BCUT2D eigenvalue weighted by Gasteiger charge is 2.08. The smallest absolute Gasteiger partial charge is 0.112 e. The fourth-order valence-corrected chi connectivity index (χ4v) is 2.47. The Morgan fingerprint density at radius 1 is 1.35 bits per heavy atom. The van der Waals surface area contributed by atoms with Gasteiger partial charge in [0.15, 0.2) is 0 Å². The van der Waals surface area contributed by atoms with Gasteiger partial charge in [-0.1, -0.05) is 38.4 Å². The van der Waals surface area contributed by atoms with Crippen molar-refractivity contribution in [3.63, 3.8) is 0 Å². The molecule has 2 aromatic rings. The van der Waals surface area contributed by atoms with Crippen LogP contribution in [-0.2, 0) is 13.0 Å². The van der Waals surface area contributed by atoms with E-state index in [0.717, 1.165) is 36.0 Å². The number of hydrogen-bond acceptors (Lipinski definition) is 2. The summed E-state index contributed by atoms with van der Waals surface area (Å²) in [6.45, 7) is 8.36. The zero-order chi connectivity index (χ0) is 14.5. The number of aromatic nitrogens is 2. The molecule has 0 saturated carbocycles. The first-order valence-corrected chi connectivity index (χ1v) is 7.51. The molecule has 0 atom stereocenters. The zero-order valence-corrected chi connectivity index (χ0v) is 13.1. The highest BCUT2D eigenvalue weighted by Crippen LogP contribution is 2.23. The summed E-state index contributed by atoms with van der Waals surface area (Å²) in [5.41, 5.74) is 2.20. The normalized spacial score (nSPS) is 11.2. The lowest BCUT2D eigenvalue weighted by atomic mass is 10.2. The molecule has 4 heteroatoms. The molecule has 0 saturated heterocycles. The van der Waals surface area contributed by atoms with Crippen molar-refractivity contribution >= 4 is 11.6 Å². The van der Waals surface area contributed by atoms with Crippen LogP contribution >= 0.6 is 11.6 Å². The molecule has 3 nitrogen and oxygen atoms in total. The van der Waals surface area contributed by atoms with Crippen molar-refractivity contribution in [1.82, 2.24) is 14.9 Å². The van der Waals surface area contributed by atoms with Crippen LogP contribution in [0, 0.1) is 5.92 Å². The van der Waals surface area contributed by atoms with Gasteiger partial charge in [0, 0.05) is 25.4 Å². The summed E-state index contributed by atoms with van der Waals surface area (Å²) in [5, 5.41) is 4.19. The summed E-state index contributed by atoms with van der Waals surface area (Å²) in [7, 11) is 0. The molecule has 1 heterocycles. The van der Waals surface area contributed by atoms with Gasteiger partial charge in [0.25, 0.3) is 0 Å². The van der Waals surface area contributed by atoms with Crippen molar-refractivity contribution in [2.75, 3.05) is 6.54 Å². The molecule has 1 aromatic carbocycles. The van der Waals surface area contributed by atoms with Crippen LogP contribution in [0.15, 0.2) is 30.6 Å². The lowest BCUT2D eigenvalue weighted by Crippen LogP contribution is -2.18. The average molecular weight is 292 g/mol. The van der Waals surface area contributed by atoms with Crippen LogP contribution in [0.4, 0.5) is 0 Å². The molecule has 0 radical (unpaired) electrons. The molecule has 1 N–H and O–H groups in total. The third kappa shape index (κ3) is 3.62. The maximum atomic E-state index is 6.41. The van der Waals surface area contributed by atoms with Gasteiger partial charge in [-0.2, -0.15) is 0 Å². The van der Waals surface area contributed by atoms with Crippen molar-refractivity contribution in [3.05, 3.63) is 47.0 Å². The summed E-state index contributed by atoms with van der Waals surface area (Å²) in [5.74, 6) is 1.68. The van der Waals surface area contributed by atoms with Gasteiger partial charge in [-0.25, -0.2) is 4.98 Å². The summed E-state index contributed by atoms with van der Waals surface area (Å²) in [6.07, 6.45) is 4.66. The van der Waals surface area contributed by atoms with Gasteiger partial charge < -0.3 is 9.88 Å². The van der Waals surface area contributed by atoms with Crippen LogP contribution < -0.4 is 5.32 Å². The number of rotatable bonds is 6. The second-order valence-electron chi connectivity index (χ2n) is 5.38. The van der Waals surface area contributed by atoms with Crippen LogP contribution in [0.25, 0.3) is 5.69 Å². The van der Waals surface area contributed by atoms with Gasteiger partial charge in [0.1, 0.15) is 5.82 Å². The standard InChI is InChI=1S/C16H22ClN3/c1-4-16-19-7-8-20(16)15-6-5-13(9-14(15)17)11-18-10-12(2)3/h5-9,12,18H,4,10-11H2,1-3H3. The van der Waals surface area contributed by atoms with E-state index < -0.39 is 0 Å². The van der Waals surface area contributed by atoms with E-state index in [2.05, 4.69) is 43.2 Å². The highest BCUT2D eigenvalue weighted by molar-refractivity contribution is 6.32. The van der Waals surface area contributed by atoms with E-state index in [1.54, 1.807) is 0 Å². The number of benzene rings is 1. The third-order valence-electron chi connectivity index (χ3n) is 3.19. The fourth-order valence-electron chi connectivity index (χ4n) is 2.18. The lowest BCUT2D eigenvalue weighted by Gasteiger charge is -2.12. The minimum absolute atomic E-state index is 0.655. The maximum Gasteiger partial charge on any atom is 0.112 e. The van der Waals surface area contributed by atoms with E-state index in [1.807, 2.05) is 23.0 Å². The number of nitrogens with zero attached hydrogens (tertiary/aromatic N) is 2. The largest absolute Gasteiger partial charge is 0.312 e. The van der Waals surface area contributed by atoms with Crippen LogP contribution in [0.2, 0.25) is 5.02 Å². The first kappa shape index (κ1) is 15.1. The average Bonchev–Trinajstić information content (AvgIpc) is 2.86. The predicted molar refractivity (Wildman–Crippen MR) is 84.5 cm³/mol. The molecule has 0 aliphatic rings. The molecule has 0 bridgehead atoms. The van der Waals surface area contributed by atoms with Crippen molar-refractivity contribution in [1.29, 1.82) is 0 Å². The second kappa shape index (κ2) is 6.91. The molecule has 0 fully saturated rings. The molecule has 108 valence electrons. The van der Waals surface area contributed by atoms with E-state index in [0.29, 0.717) is 5.92 Å². The van der Waals surface area contributed by atoms with Gasteiger partial charge in [-0.15, -0.1) is 0 Å². The van der Waals surface area contributed by atoms with Crippen LogP contribution in [0.5, 0.6) is 0 Å². The van der Waals surface area contributed by atoms with E-state index >= 15 is 0 Å². The third-order valence-corrected chi connectivity index (χ3v) is 3.49. The van der Waals surface area contributed by atoms with Crippen molar-refractivity contribution < 1.29 is 0 Å². The minimum atomic E-state index is 0.655. The molecule has 2 rings (SSSR count). The highest BCUT2D eigenvalue weighted by atomic mass is 35.5. The van der Waals surface area contributed by atoms with Gasteiger partial charge in [0.05, 0.1) is 10.7 Å². The Labute approximate surface area is 126 Å². The number of aryl methyl sites for hydroxylation is 1. The quantitative estimate of drug-likeness (QED) is 0.876. The van der Waals surface area contributed by atoms with Gasteiger partial charge >= 0.3 is 0 Å². The van der Waals surface area contributed by atoms with Crippen LogP contribution in [0.1, 0.15) is 32.2 Å². The Morgan fingerprint density at radius 2 is 2.15 bits per heavy atom. The number of halogens is 1. The Bertz CT molecular complexity index is 561.